The molecule has 1 aliphatic rings. The second kappa shape index (κ2) is 9.19. The van der Waals surface area contributed by atoms with Gasteiger partial charge < -0.3 is 14.6 Å². The Kier molecular flexibility index (Phi) is 8.21. The van der Waals surface area contributed by atoms with E-state index in [4.69, 9.17) is 14.6 Å². The molecule has 1 saturated carbocycles. The van der Waals surface area contributed by atoms with Gasteiger partial charge in [-0.25, -0.2) is 0 Å². The first-order valence-electron chi connectivity index (χ1n) is 9.51. The molecule has 0 aromatic heterocycles. The van der Waals surface area contributed by atoms with Crippen molar-refractivity contribution in [2.45, 2.75) is 91.8 Å². The molecule has 1 unspecified atom stereocenters. The van der Waals surface area contributed by atoms with Crippen molar-refractivity contribution in [3.8, 4) is 0 Å². The molecule has 142 valence electrons. The molecule has 0 bridgehead atoms. The number of esters is 1. The van der Waals surface area contributed by atoms with Crippen LogP contribution >= 0.6 is 0 Å². The van der Waals surface area contributed by atoms with E-state index in [9.17, 15) is 4.79 Å². The Labute approximate surface area is 148 Å². The molecule has 4 nitrogen and oxygen atoms in total. The highest BCUT2D eigenvalue weighted by Gasteiger charge is 2.32. The van der Waals surface area contributed by atoms with E-state index in [0.717, 1.165) is 31.6 Å². The van der Waals surface area contributed by atoms with Gasteiger partial charge in [0, 0.05) is 0 Å². The molecule has 1 rings (SSSR count). The van der Waals surface area contributed by atoms with Gasteiger partial charge in [0.1, 0.15) is 6.61 Å². The molecule has 0 radical (unpaired) electrons. The summed E-state index contributed by atoms with van der Waals surface area (Å²) in [4.78, 5) is 12.0. The molecule has 0 saturated heterocycles. The van der Waals surface area contributed by atoms with Gasteiger partial charge in [-0.05, 0) is 85.0 Å². The molecule has 4 heteroatoms. The van der Waals surface area contributed by atoms with E-state index in [-0.39, 0.29) is 24.8 Å². The standard InChI is InChI=1S/C20H38O4/c1-15(11-12-20(5,6)18(22)23-14-13-21)16-7-9-17(10-8-16)24-19(2,3)4/h15-17,21H,7-14H2,1-6H3. The zero-order valence-electron chi connectivity index (χ0n) is 16.6. The van der Waals surface area contributed by atoms with E-state index >= 15 is 0 Å². The van der Waals surface area contributed by atoms with Gasteiger partial charge in [-0.15, -0.1) is 0 Å². The van der Waals surface area contributed by atoms with Crippen LogP contribution in [0.2, 0.25) is 0 Å². The van der Waals surface area contributed by atoms with Crippen LogP contribution in [0.25, 0.3) is 0 Å². The fraction of sp³-hybridized carbons (Fsp3) is 0.950. The Morgan fingerprint density at radius 1 is 1.12 bits per heavy atom. The first-order valence-corrected chi connectivity index (χ1v) is 9.51. The molecule has 24 heavy (non-hydrogen) atoms. The molecule has 0 aliphatic heterocycles. The van der Waals surface area contributed by atoms with E-state index in [1.807, 2.05) is 13.8 Å². The van der Waals surface area contributed by atoms with E-state index in [1.165, 1.54) is 12.8 Å². The zero-order chi connectivity index (χ0) is 18.4. The number of ether oxygens (including phenoxy) is 2. The first kappa shape index (κ1) is 21.4. The summed E-state index contributed by atoms with van der Waals surface area (Å²) >= 11 is 0. The van der Waals surface area contributed by atoms with Crippen LogP contribution in [0.4, 0.5) is 0 Å². The van der Waals surface area contributed by atoms with E-state index in [1.54, 1.807) is 0 Å². The number of aliphatic hydroxyl groups is 1. The van der Waals surface area contributed by atoms with Crippen molar-refractivity contribution in [2.75, 3.05) is 13.2 Å². The zero-order valence-corrected chi connectivity index (χ0v) is 16.6. The van der Waals surface area contributed by atoms with E-state index in [0.29, 0.717) is 12.0 Å². The van der Waals surface area contributed by atoms with Crippen molar-refractivity contribution in [3.63, 3.8) is 0 Å². The Morgan fingerprint density at radius 3 is 2.21 bits per heavy atom. The van der Waals surface area contributed by atoms with E-state index in [2.05, 4.69) is 27.7 Å². The van der Waals surface area contributed by atoms with Crippen molar-refractivity contribution in [3.05, 3.63) is 0 Å². The third kappa shape index (κ3) is 7.52. The maximum absolute atomic E-state index is 12.0. The maximum Gasteiger partial charge on any atom is 0.311 e. The average Bonchev–Trinajstić information content (AvgIpc) is 2.49. The maximum atomic E-state index is 12.0. The van der Waals surface area contributed by atoms with Crippen molar-refractivity contribution < 1.29 is 19.4 Å². The molecule has 0 spiro atoms. The third-order valence-corrected chi connectivity index (χ3v) is 5.15. The molecule has 1 atom stereocenters. The van der Waals surface area contributed by atoms with Crippen LogP contribution in [0.15, 0.2) is 0 Å². The predicted molar refractivity (Wildman–Crippen MR) is 96.8 cm³/mol. The minimum atomic E-state index is -0.476. The molecule has 0 aromatic carbocycles. The summed E-state index contributed by atoms with van der Waals surface area (Å²) in [6, 6.07) is 0. The van der Waals surface area contributed by atoms with E-state index < -0.39 is 5.41 Å². The minimum Gasteiger partial charge on any atom is -0.463 e. The van der Waals surface area contributed by atoms with Crippen molar-refractivity contribution in [2.24, 2.45) is 17.3 Å². The minimum absolute atomic E-state index is 0.0535. The molecule has 0 aromatic rings. The Hall–Kier alpha value is -0.610. The molecule has 1 N–H and O–H groups in total. The summed E-state index contributed by atoms with van der Waals surface area (Å²) in [5.74, 6) is 1.14. The number of hydrogen-bond acceptors (Lipinski definition) is 4. The first-order chi connectivity index (χ1) is 11.0. The topological polar surface area (TPSA) is 55.8 Å². The monoisotopic (exact) mass is 342 g/mol. The lowest BCUT2D eigenvalue weighted by Crippen LogP contribution is -2.32. The summed E-state index contributed by atoms with van der Waals surface area (Å²) in [7, 11) is 0. The predicted octanol–water partition coefficient (Wildman–Crippen LogP) is 4.34. The Balaban J connectivity index is 2.36. The van der Waals surface area contributed by atoms with Gasteiger partial charge in [0.05, 0.1) is 23.7 Å². The highest BCUT2D eigenvalue weighted by molar-refractivity contribution is 5.75. The average molecular weight is 343 g/mol. The molecule has 0 heterocycles. The van der Waals surface area contributed by atoms with Crippen LogP contribution < -0.4 is 0 Å². The van der Waals surface area contributed by atoms with Gasteiger partial charge in [-0.2, -0.15) is 0 Å². The molecule has 0 amide bonds. The fourth-order valence-corrected chi connectivity index (χ4v) is 3.54. The van der Waals surface area contributed by atoms with Gasteiger partial charge in [0.2, 0.25) is 0 Å². The second-order valence-corrected chi connectivity index (χ2v) is 9.03. The Morgan fingerprint density at radius 2 is 1.71 bits per heavy atom. The van der Waals surface area contributed by atoms with Crippen LogP contribution in [-0.4, -0.2) is 36.0 Å². The van der Waals surface area contributed by atoms with Gasteiger partial charge in [-0.1, -0.05) is 6.92 Å². The lowest BCUT2D eigenvalue weighted by molar-refractivity contribution is -0.155. The van der Waals surface area contributed by atoms with Crippen LogP contribution in [0.3, 0.4) is 0 Å². The lowest BCUT2D eigenvalue weighted by Gasteiger charge is -2.36. The van der Waals surface area contributed by atoms with Gasteiger partial charge in [0.15, 0.2) is 0 Å². The summed E-state index contributed by atoms with van der Waals surface area (Å²) < 4.78 is 11.2. The quantitative estimate of drug-likeness (QED) is 0.667. The van der Waals surface area contributed by atoms with Crippen LogP contribution in [0, 0.1) is 17.3 Å². The SMILES string of the molecule is CC(CCC(C)(C)C(=O)OCCO)C1CCC(OC(C)(C)C)CC1. The number of rotatable bonds is 8. The van der Waals surface area contributed by atoms with Crippen molar-refractivity contribution >= 4 is 5.97 Å². The van der Waals surface area contributed by atoms with Crippen LogP contribution in [-0.2, 0) is 14.3 Å². The summed E-state index contributed by atoms with van der Waals surface area (Å²) in [6.07, 6.45) is 7.00. The smallest absolute Gasteiger partial charge is 0.311 e. The van der Waals surface area contributed by atoms with Crippen LogP contribution in [0.5, 0.6) is 0 Å². The molecular weight excluding hydrogens is 304 g/mol. The highest BCUT2D eigenvalue weighted by atomic mass is 16.5. The number of carbonyl (C=O) groups is 1. The van der Waals surface area contributed by atoms with Crippen molar-refractivity contribution in [1.82, 2.24) is 0 Å². The summed E-state index contributed by atoms with van der Waals surface area (Å²) in [5.41, 5.74) is -0.530. The number of carbonyl (C=O) groups excluding carboxylic acids is 1. The van der Waals surface area contributed by atoms with Gasteiger partial charge in [-0.3, -0.25) is 4.79 Å². The lowest BCUT2D eigenvalue weighted by atomic mass is 9.75. The largest absolute Gasteiger partial charge is 0.463 e. The Bertz CT molecular complexity index is 376. The summed E-state index contributed by atoms with van der Waals surface area (Å²) in [5, 5.41) is 8.77. The summed E-state index contributed by atoms with van der Waals surface area (Å²) in [6.45, 7) is 12.5. The van der Waals surface area contributed by atoms with Crippen molar-refractivity contribution in [1.29, 1.82) is 0 Å². The van der Waals surface area contributed by atoms with Crippen LogP contribution in [0.1, 0.15) is 80.1 Å². The normalized spacial score (nSPS) is 23.8. The molecule has 1 aliphatic carbocycles. The van der Waals surface area contributed by atoms with Gasteiger partial charge in [0.25, 0.3) is 0 Å². The molecule has 1 fully saturated rings. The highest BCUT2D eigenvalue weighted by Crippen LogP contribution is 2.37. The number of aliphatic hydroxyl groups excluding tert-OH is 1. The van der Waals surface area contributed by atoms with Gasteiger partial charge >= 0.3 is 5.97 Å². The third-order valence-electron chi connectivity index (χ3n) is 5.15. The number of hydrogen-bond donors (Lipinski definition) is 1. The second-order valence-electron chi connectivity index (χ2n) is 9.03. The fourth-order valence-electron chi connectivity index (χ4n) is 3.54. The molecular formula is C20H38O4.